The number of hydrogen-bond donors (Lipinski definition) is 3. The fraction of sp³-hybridized carbons (Fsp3) is 0.370. The number of hydrogen-bond acceptors (Lipinski definition) is 6. The standard InChI is InChI=1S/C27H29F2N7O/c28-20-4-5-21(30)25(29)24(20)27(37)33-19-11-18-12-22(34-26(18)32-14-19)17-3-6-23(31-13-17)36-9-7-35(8-10-36)15-16-1-2-16/h3,5-6,11-14,16,20H,1-2,4,7-10,15,30H2,(H,32,34)(H,33,37). The number of aromatic nitrogens is 3. The van der Waals surface area contributed by atoms with E-state index >= 15 is 0 Å². The van der Waals surface area contributed by atoms with Crippen LogP contribution in [0.4, 0.5) is 20.3 Å². The van der Waals surface area contributed by atoms with E-state index in [1.165, 1.54) is 31.7 Å². The number of aromatic amines is 1. The molecule has 192 valence electrons. The Bertz CT molecular complexity index is 1390. The van der Waals surface area contributed by atoms with Gasteiger partial charge in [-0.1, -0.05) is 6.08 Å². The summed E-state index contributed by atoms with van der Waals surface area (Å²) in [6.07, 6.45) is 5.41. The lowest BCUT2D eigenvalue weighted by molar-refractivity contribution is -0.113. The molecule has 8 nitrogen and oxygen atoms in total. The molecule has 3 aromatic rings. The molecule has 0 spiro atoms. The highest BCUT2D eigenvalue weighted by Crippen LogP contribution is 2.31. The molecule has 1 saturated heterocycles. The van der Waals surface area contributed by atoms with Gasteiger partial charge in [0, 0.05) is 62.0 Å². The third kappa shape index (κ3) is 4.93. The monoisotopic (exact) mass is 505 g/mol. The molecule has 37 heavy (non-hydrogen) atoms. The van der Waals surface area contributed by atoms with Gasteiger partial charge in [0.15, 0.2) is 5.83 Å². The first-order valence-electron chi connectivity index (χ1n) is 12.7. The number of piperazine rings is 1. The van der Waals surface area contributed by atoms with E-state index in [1.807, 2.05) is 24.4 Å². The number of carbonyl (C=O) groups excluding carboxylic acids is 1. The molecule has 0 aromatic carbocycles. The first-order chi connectivity index (χ1) is 17.9. The van der Waals surface area contributed by atoms with E-state index < -0.39 is 23.5 Å². The number of alkyl halides is 1. The van der Waals surface area contributed by atoms with Crippen LogP contribution in [-0.4, -0.2) is 64.7 Å². The highest BCUT2D eigenvalue weighted by atomic mass is 19.1. The summed E-state index contributed by atoms with van der Waals surface area (Å²) in [7, 11) is 0. The maximum absolute atomic E-state index is 14.3. The number of nitrogens with two attached hydrogens (primary N) is 1. The zero-order valence-corrected chi connectivity index (χ0v) is 20.4. The van der Waals surface area contributed by atoms with Crippen molar-refractivity contribution in [3.05, 3.63) is 59.8 Å². The van der Waals surface area contributed by atoms with Gasteiger partial charge in [-0.05, 0) is 43.0 Å². The molecule has 2 aliphatic carbocycles. The van der Waals surface area contributed by atoms with Crippen molar-refractivity contribution in [3.63, 3.8) is 0 Å². The molecule has 10 heteroatoms. The molecule has 1 saturated carbocycles. The third-order valence-electron chi connectivity index (χ3n) is 7.29. The summed E-state index contributed by atoms with van der Waals surface area (Å²) < 4.78 is 28.4. The lowest BCUT2D eigenvalue weighted by Gasteiger charge is -2.35. The smallest absolute Gasteiger partial charge is 0.257 e. The van der Waals surface area contributed by atoms with Crippen LogP contribution in [0.3, 0.4) is 0 Å². The molecule has 4 heterocycles. The van der Waals surface area contributed by atoms with Crippen LogP contribution in [0.25, 0.3) is 22.3 Å². The zero-order chi connectivity index (χ0) is 25.5. The molecule has 2 fully saturated rings. The van der Waals surface area contributed by atoms with E-state index in [0.717, 1.165) is 54.6 Å². The van der Waals surface area contributed by atoms with E-state index in [4.69, 9.17) is 10.7 Å². The van der Waals surface area contributed by atoms with Crippen molar-refractivity contribution in [2.24, 2.45) is 11.7 Å². The van der Waals surface area contributed by atoms with Crippen LogP contribution in [0.2, 0.25) is 0 Å². The minimum absolute atomic E-state index is 0.135. The summed E-state index contributed by atoms with van der Waals surface area (Å²) in [5, 5.41) is 3.29. The van der Waals surface area contributed by atoms with Gasteiger partial charge in [0.1, 0.15) is 17.6 Å². The molecule has 1 atom stereocenters. The molecule has 3 aliphatic rings. The Morgan fingerprint density at radius 3 is 2.68 bits per heavy atom. The number of amides is 1. The lowest BCUT2D eigenvalue weighted by atomic mass is 9.99. The van der Waals surface area contributed by atoms with Gasteiger partial charge >= 0.3 is 0 Å². The molecule has 6 rings (SSSR count). The van der Waals surface area contributed by atoms with Gasteiger partial charge in [0.05, 0.1) is 23.2 Å². The Kier molecular flexibility index (Phi) is 6.11. The Hall–Kier alpha value is -3.79. The van der Waals surface area contributed by atoms with Crippen LogP contribution in [0.1, 0.15) is 19.3 Å². The topological polar surface area (TPSA) is 103 Å². The van der Waals surface area contributed by atoms with Gasteiger partial charge in [0.25, 0.3) is 5.91 Å². The Labute approximate surface area is 213 Å². The number of rotatable bonds is 6. The van der Waals surface area contributed by atoms with E-state index in [-0.39, 0.29) is 12.1 Å². The number of nitrogens with zero attached hydrogens (tertiary/aromatic N) is 4. The van der Waals surface area contributed by atoms with Crippen molar-refractivity contribution in [2.75, 3.05) is 42.9 Å². The van der Waals surface area contributed by atoms with Gasteiger partial charge in [0.2, 0.25) is 0 Å². The molecule has 0 radical (unpaired) electrons. The largest absolute Gasteiger partial charge is 0.397 e. The van der Waals surface area contributed by atoms with Crippen molar-refractivity contribution in [1.29, 1.82) is 0 Å². The van der Waals surface area contributed by atoms with Gasteiger partial charge < -0.3 is 20.9 Å². The Balaban J connectivity index is 1.14. The average molecular weight is 506 g/mol. The number of halogens is 2. The third-order valence-corrected chi connectivity index (χ3v) is 7.29. The highest BCUT2D eigenvalue weighted by Gasteiger charge is 2.30. The number of fused-ring (bicyclic) bond motifs is 1. The molecule has 0 bridgehead atoms. The predicted molar refractivity (Wildman–Crippen MR) is 139 cm³/mol. The van der Waals surface area contributed by atoms with E-state index in [0.29, 0.717) is 11.3 Å². The van der Waals surface area contributed by atoms with E-state index in [1.54, 1.807) is 6.07 Å². The van der Waals surface area contributed by atoms with Crippen molar-refractivity contribution in [2.45, 2.75) is 25.4 Å². The molecule has 1 aliphatic heterocycles. The Morgan fingerprint density at radius 2 is 1.95 bits per heavy atom. The minimum atomic E-state index is -1.75. The Morgan fingerprint density at radius 1 is 1.14 bits per heavy atom. The van der Waals surface area contributed by atoms with E-state index in [9.17, 15) is 13.6 Å². The molecular formula is C27H29F2N7O. The van der Waals surface area contributed by atoms with Crippen LogP contribution in [0.15, 0.2) is 59.8 Å². The number of anilines is 2. The number of allylic oxidation sites excluding steroid dienone is 2. The molecular weight excluding hydrogens is 476 g/mol. The second kappa shape index (κ2) is 9.59. The fourth-order valence-electron chi connectivity index (χ4n) is 4.97. The maximum Gasteiger partial charge on any atom is 0.257 e. The van der Waals surface area contributed by atoms with Crippen molar-refractivity contribution < 1.29 is 13.6 Å². The summed E-state index contributed by atoms with van der Waals surface area (Å²) in [6, 6.07) is 7.68. The van der Waals surface area contributed by atoms with Crippen LogP contribution in [-0.2, 0) is 4.79 Å². The summed E-state index contributed by atoms with van der Waals surface area (Å²) >= 11 is 0. The lowest BCUT2D eigenvalue weighted by Crippen LogP contribution is -2.47. The van der Waals surface area contributed by atoms with E-state index in [2.05, 4.69) is 25.1 Å². The van der Waals surface area contributed by atoms with Crippen LogP contribution >= 0.6 is 0 Å². The predicted octanol–water partition coefficient (Wildman–Crippen LogP) is 3.90. The average Bonchev–Trinajstić information content (AvgIpc) is 3.62. The molecule has 4 N–H and O–H groups in total. The SMILES string of the molecule is NC1=CCC(F)C(C(=O)Nc2cnc3[nH]c(-c4ccc(N5CCN(CC6CC6)CC5)nc4)cc3c2)=C1F. The molecule has 1 unspecified atom stereocenters. The summed E-state index contributed by atoms with van der Waals surface area (Å²) in [5.74, 6) is -0.00458. The van der Waals surface area contributed by atoms with Gasteiger partial charge in [-0.25, -0.2) is 18.7 Å². The second-order valence-electron chi connectivity index (χ2n) is 10.0. The minimum Gasteiger partial charge on any atom is -0.397 e. The quantitative estimate of drug-likeness (QED) is 0.470. The van der Waals surface area contributed by atoms with Crippen molar-refractivity contribution in [3.8, 4) is 11.3 Å². The molecule has 3 aromatic heterocycles. The first-order valence-corrected chi connectivity index (χ1v) is 12.7. The first kappa shape index (κ1) is 23.6. The molecule has 1 amide bonds. The second-order valence-corrected chi connectivity index (χ2v) is 10.0. The van der Waals surface area contributed by atoms with Gasteiger partial charge in [-0.2, -0.15) is 0 Å². The zero-order valence-electron chi connectivity index (χ0n) is 20.4. The van der Waals surface area contributed by atoms with Gasteiger partial charge in [-0.3, -0.25) is 9.69 Å². The summed E-state index contributed by atoms with van der Waals surface area (Å²) in [6.45, 7) is 5.35. The summed E-state index contributed by atoms with van der Waals surface area (Å²) in [4.78, 5) is 29.7. The fourth-order valence-corrected chi connectivity index (χ4v) is 4.97. The van der Waals surface area contributed by atoms with Crippen LogP contribution in [0.5, 0.6) is 0 Å². The number of pyridine rings is 2. The van der Waals surface area contributed by atoms with Crippen LogP contribution in [0, 0.1) is 5.92 Å². The van der Waals surface area contributed by atoms with Crippen molar-refractivity contribution in [1.82, 2.24) is 19.9 Å². The number of H-pyrrole nitrogens is 1. The number of nitrogens with one attached hydrogen (secondary N) is 2. The van der Waals surface area contributed by atoms with Gasteiger partial charge in [-0.15, -0.1) is 0 Å². The highest BCUT2D eigenvalue weighted by molar-refractivity contribution is 6.06. The van der Waals surface area contributed by atoms with Crippen molar-refractivity contribution >= 4 is 28.4 Å². The maximum atomic E-state index is 14.3. The summed E-state index contributed by atoms with van der Waals surface area (Å²) in [5.41, 5.74) is 7.42. The van der Waals surface area contributed by atoms with Crippen LogP contribution < -0.4 is 16.0 Å². The number of carbonyl (C=O) groups is 1. The normalized spacial score (nSPS) is 20.9.